The average molecular weight is 369 g/mol. The number of nitro groups is 1. The molecule has 1 aromatic rings. The first-order chi connectivity index (χ1) is 11.7. The highest BCUT2D eigenvalue weighted by molar-refractivity contribution is 7.92. The van der Waals surface area contributed by atoms with Crippen LogP contribution in [0.25, 0.3) is 0 Å². The molecule has 0 aliphatic carbocycles. The molecule has 0 bridgehead atoms. The molecule has 0 atom stereocenters. The van der Waals surface area contributed by atoms with E-state index < -0.39 is 14.9 Å². The van der Waals surface area contributed by atoms with Crippen LogP contribution >= 0.6 is 0 Å². The van der Waals surface area contributed by atoms with Gasteiger partial charge in [-0.05, 0) is 25.3 Å². The van der Waals surface area contributed by atoms with Crippen molar-refractivity contribution in [1.82, 2.24) is 4.90 Å². The van der Waals surface area contributed by atoms with Crippen LogP contribution in [0.4, 0.5) is 11.4 Å². The van der Waals surface area contributed by atoms with Gasteiger partial charge in [-0.1, -0.05) is 18.9 Å². The molecule has 0 spiro atoms. The average Bonchev–Trinajstić information content (AvgIpc) is 2.81. The summed E-state index contributed by atoms with van der Waals surface area (Å²) in [5.41, 5.74) is 0.510. The van der Waals surface area contributed by atoms with E-state index in [1.807, 2.05) is 0 Å². The van der Waals surface area contributed by atoms with E-state index >= 15 is 0 Å². The van der Waals surface area contributed by atoms with E-state index in [1.165, 1.54) is 18.2 Å². The van der Waals surface area contributed by atoms with Crippen LogP contribution in [0.1, 0.15) is 31.2 Å². The van der Waals surface area contributed by atoms with Crippen LogP contribution in [0.2, 0.25) is 0 Å². The molecule has 1 aromatic carbocycles. The summed E-state index contributed by atoms with van der Waals surface area (Å²) in [6.07, 6.45) is 4.93. The molecule has 0 unspecified atom stereocenters. The lowest BCUT2D eigenvalue weighted by Gasteiger charge is -2.27. The van der Waals surface area contributed by atoms with Crippen LogP contribution in [-0.4, -0.2) is 50.0 Å². The van der Waals surface area contributed by atoms with Crippen LogP contribution in [0.15, 0.2) is 18.2 Å². The number of amides is 1. The van der Waals surface area contributed by atoms with Gasteiger partial charge in [-0.15, -0.1) is 0 Å². The number of rotatable bonds is 5. The Morgan fingerprint density at radius 1 is 1.24 bits per heavy atom. The van der Waals surface area contributed by atoms with Gasteiger partial charge < -0.3 is 4.90 Å². The third kappa shape index (κ3) is 4.91. The predicted octanol–water partition coefficient (Wildman–Crippen LogP) is 2.07. The van der Waals surface area contributed by atoms with Crippen LogP contribution in [0, 0.1) is 17.0 Å². The van der Waals surface area contributed by atoms with Gasteiger partial charge in [-0.2, -0.15) is 0 Å². The highest BCUT2D eigenvalue weighted by Gasteiger charge is 2.26. The third-order valence-electron chi connectivity index (χ3n) is 4.31. The Bertz CT molecular complexity index is 755. The summed E-state index contributed by atoms with van der Waals surface area (Å²) in [6, 6.07) is 4.00. The molecule has 0 radical (unpaired) electrons. The molecular weight excluding hydrogens is 346 g/mol. The van der Waals surface area contributed by atoms with Gasteiger partial charge in [-0.25, -0.2) is 8.42 Å². The van der Waals surface area contributed by atoms with Gasteiger partial charge in [0.25, 0.3) is 5.69 Å². The third-order valence-corrected chi connectivity index (χ3v) is 5.44. The largest absolute Gasteiger partial charge is 0.341 e. The lowest BCUT2D eigenvalue weighted by atomic mass is 10.2. The van der Waals surface area contributed by atoms with E-state index in [-0.39, 0.29) is 23.8 Å². The van der Waals surface area contributed by atoms with Crippen LogP contribution in [-0.2, 0) is 14.8 Å². The maximum Gasteiger partial charge on any atom is 0.271 e. The van der Waals surface area contributed by atoms with E-state index in [1.54, 1.807) is 11.8 Å². The summed E-state index contributed by atoms with van der Waals surface area (Å²) in [5.74, 6) is -0.279. The molecule has 1 aliphatic heterocycles. The maximum absolute atomic E-state index is 12.6. The Morgan fingerprint density at radius 3 is 2.36 bits per heavy atom. The standard InChI is InChI=1S/C16H23N3O5S/c1-13-7-8-14(19(21)22)11-15(13)18(25(2,23)24)12-16(20)17-9-5-3-4-6-10-17/h7-8,11H,3-6,9-10,12H2,1-2H3. The van der Waals surface area contributed by atoms with Crippen molar-refractivity contribution >= 4 is 27.3 Å². The van der Waals surface area contributed by atoms with Crippen molar-refractivity contribution in [3.05, 3.63) is 33.9 Å². The van der Waals surface area contributed by atoms with Gasteiger partial charge in [0.1, 0.15) is 6.54 Å². The second kappa shape index (κ2) is 7.81. The van der Waals surface area contributed by atoms with Crippen molar-refractivity contribution in [2.75, 3.05) is 30.2 Å². The second-order valence-corrected chi connectivity index (χ2v) is 8.20. The van der Waals surface area contributed by atoms with E-state index in [0.717, 1.165) is 36.2 Å². The highest BCUT2D eigenvalue weighted by Crippen LogP contribution is 2.27. The summed E-state index contributed by atoms with van der Waals surface area (Å²) in [4.78, 5) is 24.7. The van der Waals surface area contributed by atoms with E-state index in [2.05, 4.69) is 0 Å². The van der Waals surface area contributed by atoms with E-state index in [0.29, 0.717) is 18.7 Å². The molecule has 1 heterocycles. The minimum atomic E-state index is -3.76. The van der Waals surface area contributed by atoms with Crippen LogP contribution in [0.5, 0.6) is 0 Å². The van der Waals surface area contributed by atoms with Gasteiger partial charge in [0.05, 0.1) is 16.9 Å². The van der Waals surface area contributed by atoms with Gasteiger partial charge in [0.2, 0.25) is 15.9 Å². The molecular formula is C16H23N3O5S. The fraction of sp³-hybridized carbons (Fsp3) is 0.562. The van der Waals surface area contributed by atoms with Crippen molar-refractivity contribution in [2.45, 2.75) is 32.6 Å². The van der Waals surface area contributed by atoms with Crippen molar-refractivity contribution in [3.63, 3.8) is 0 Å². The summed E-state index contributed by atoms with van der Waals surface area (Å²) in [7, 11) is -3.76. The minimum absolute atomic E-state index is 0.167. The van der Waals surface area contributed by atoms with Crippen molar-refractivity contribution in [1.29, 1.82) is 0 Å². The number of anilines is 1. The summed E-state index contributed by atoms with van der Waals surface area (Å²) >= 11 is 0. The number of carbonyl (C=O) groups is 1. The zero-order chi connectivity index (χ0) is 18.6. The lowest BCUT2D eigenvalue weighted by Crippen LogP contribution is -2.43. The minimum Gasteiger partial charge on any atom is -0.341 e. The van der Waals surface area contributed by atoms with E-state index in [4.69, 9.17) is 0 Å². The number of nitro benzene ring substituents is 1. The molecule has 25 heavy (non-hydrogen) atoms. The Kier molecular flexibility index (Phi) is 5.99. The number of nitrogens with zero attached hydrogens (tertiary/aromatic N) is 3. The Labute approximate surface area is 147 Å². The molecule has 0 N–H and O–H groups in total. The molecule has 2 rings (SSSR count). The molecule has 0 saturated carbocycles. The van der Waals surface area contributed by atoms with E-state index in [9.17, 15) is 23.3 Å². The Morgan fingerprint density at radius 2 is 1.84 bits per heavy atom. The number of aryl methyl sites for hydroxylation is 1. The van der Waals surface area contributed by atoms with Crippen LogP contribution < -0.4 is 4.31 Å². The second-order valence-electron chi connectivity index (χ2n) is 6.29. The van der Waals surface area contributed by atoms with Gasteiger partial charge >= 0.3 is 0 Å². The Hall–Kier alpha value is -2.16. The first-order valence-electron chi connectivity index (χ1n) is 8.20. The maximum atomic E-state index is 12.6. The predicted molar refractivity (Wildman–Crippen MR) is 95.1 cm³/mol. The van der Waals surface area contributed by atoms with Gasteiger partial charge in [0.15, 0.2) is 0 Å². The van der Waals surface area contributed by atoms with Crippen molar-refractivity contribution < 1.29 is 18.1 Å². The van der Waals surface area contributed by atoms with Gasteiger partial charge in [0, 0.05) is 25.2 Å². The number of benzene rings is 1. The molecule has 0 aromatic heterocycles. The Balaban J connectivity index is 2.33. The molecule has 8 nitrogen and oxygen atoms in total. The van der Waals surface area contributed by atoms with Crippen LogP contribution in [0.3, 0.4) is 0 Å². The lowest BCUT2D eigenvalue weighted by molar-refractivity contribution is -0.384. The molecule has 1 fully saturated rings. The quantitative estimate of drug-likeness (QED) is 0.584. The smallest absolute Gasteiger partial charge is 0.271 e. The number of carbonyl (C=O) groups excluding carboxylic acids is 1. The molecule has 9 heteroatoms. The van der Waals surface area contributed by atoms with Gasteiger partial charge in [-0.3, -0.25) is 19.2 Å². The zero-order valence-electron chi connectivity index (χ0n) is 14.5. The first kappa shape index (κ1) is 19.2. The molecule has 1 saturated heterocycles. The SMILES string of the molecule is Cc1ccc([N+](=O)[O-])cc1N(CC(=O)N1CCCCCC1)S(C)(=O)=O. The normalized spacial score (nSPS) is 15.5. The molecule has 138 valence electrons. The summed E-state index contributed by atoms with van der Waals surface area (Å²) in [6.45, 7) is 2.54. The number of sulfonamides is 1. The highest BCUT2D eigenvalue weighted by atomic mass is 32.2. The molecule has 1 amide bonds. The monoisotopic (exact) mass is 369 g/mol. The number of hydrogen-bond acceptors (Lipinski definition) is 5. The fourth-order valence-corrected chi connectivity index (χ4v) is 3.80. The molecule has 1 aliphatic rings. The first-order valence-corrected chi connectivity index (χ1v) is 10.1. The zero-order valence-corrected chi connectivity index (χ0v) is 15.3. The summed E-state index contributed by atoms with van der Waals surface area (Å²) < 4.78 is 25.4. The topological polar surface area (TPSA) is 101 Å². The number of likely N-dealkylation sites (tertiary alicyclic amines) is 1. The van der Waals surface area contributed by atoms with Crippen molar-refractivity contribution in [3.8, 4) is 0 Å². The van der Waals surface area contributed by atoms with Crippen molar-refractivity contribution in [2.24, 2.45) is 0 Å². The fourth-order valence-electron chi connectivity index (χ4n) is 2.90. The number of non-ortho nitro benzene ring substituents is 1. The summed E-state index contributed by atoms with van der Waals surface area (Å²) in [5, 5.41) is 11.0. The number of hydrogen-bond donors (Lipinski definition) is 0.